The number of amides is 2. The monoisotopic (exact) mass is 708 g/mol. The molecule has 2 aromatic heterocycles. The zero-order valence-electron chi connectivity index (χ0n) is 27.9. The van der Waals surface area contributed by atoms with Crippen molar-refractivity contribution in [2.24, 2.45) is 0 Å². The Hall–Kier alpha value is -4.97. The molecule has 0 saturated carbocycles. The summed E-state index contributed by atoms with van der Waals surface area (Å²) >= 11 is 0. The third-order valence-corrected chi connectivity index (χ3v) is 8.82. The van der Waals surface area contributed by atoms with Crippen LogP contribution in [0.3, 0.4) is 0 Å². The van der Waals surface area contributed by atoms with E-state index in [1.54, 1.807) is 36.6 Å². The van der Waals surface area contributed by atoms with E-state index in [1.807, 2.05) is 97.1 Å². The normalized spacial score (nSPS) is 11.9. The summed E-state index contributed by atoms with van der Waals surface area (Å²) < 4.78 is 44.3. The molecule has 11 heteroatoms. The number of hydrogen-bond acceptors (Lipinski definition) is 7. The molecule has 0 spiro atoms. The van der Waals surface area contributed by atoms with E-state index in [0.29, 0.717) is 23.4 Å². The van der Waals surface area contributed by atoms with Gasteiger partial charge in [-0.15, -0.1) is 0 Å². The number of hydrogen-bond donors (Lipinski definition) is 2. The maximum atomic E-state index is 13.9. The van der Waals surface area contributed by atoms with E-state index in [-0.39, 0.29) is 42.0 Å². The molecule has 6 aromatic rings. The molecule has 9 nitrogen and oxygen atoms in total. The minimum Gasteiger partial charge on any atom is -0.748 e. The number of nitrogens with one attached hydrogen (secondary N) is 2. The summed E-state index contributed by atoms with van der Waals surface area (Å²) in [7, 11) is -4.44. The molecule has 0 aliphatic heterocycles. The van der Waals surface area contributed by atoms with Crippen molar-refractivity contribution in [2.75, 3.05) is 17.6 Å². The molecule has 252 valence electrons. The first-order valence-corrected chi connectivity index (χ1v) is 17.4. The fourth-order valence-electron chi connectivity index (χ4n) is 5.50. The maximum absolute atomic E-state index is 13.9. The fraction of sp³-hybridized carbons (Fsp3) is 0.100. The largest absolute Gasteiger partial charge is 1.00 e. The Morgan fingerprint density at radius 3 is 2.24 bits per heavy atom. The fourth-order valence-corrected chi connectivity index (χ4v) is 5.85. The van der Waals surface area contributed by atoms with Gasteiger partial charge >= 0.3 is 29.6 Å². The Labute approximate surface area is 318 Å². The number of para-hydroxylation sites is 1. The number of fused-ring (bicyclic) bond motifs is 1. The minimum atomic E-state index is -4.44. The predicted octanol–water partition coefficient (Wildman–Crippen LogP) is 4.80. The second-order valence-electron chi connectivity index (χ2n) is 11.6. The van der Waals surface area contributed by atoms with Gasteiger partial charge in [0.05, 0.1) is 28.1 Å². The molecule has 1 atom stereocenters. The summed E-state index contributed by atoms with van der Waals surface area (Å²) in [6.07, 6.45) is 7.41. The molecule has 2 heterocycles. The van der Waals surface area contributed by atoms with Gasteiger partial charge in [0.25, 0.3) is 5.91 Å². The summed E-state index contributed by atoms with van der Waals surface area (Å²) in [4.78, 5) is 26.4. The van der Waals surface area contributed by atoms with Gasteiger partial charge in [0.1, 0.15) is 17.1 Å². The van der Waals surface area contributed by atoms with Crippen molar-refractivity contribution in [3.05, 3.63) is 156 Å². The molecule has 6 rings (SSSR count). The molecule has 0 radical (unpaired) electrons. The standard InChI is InChI=1S/C40H34N2O7S.Na/c1-2-3-6-28-24-37(48-26-28)30-17-19-34(20-18-30)42-40(44)35(23-27-9-11-32(12-10-27)39(43)41-21-22-50(45,46)47)29-13-15-31(16-14-29)38-25-33-7-4-5-8-36(33)49-38;/h2-20,24-26,35H,1,21-23H2,(H,41,43)(H,42,44)(H,45,46,47);/q;+1/p-1/b6-3-;. The number of anilines is 1. The van der Waals surface area contributed by atoms with Gasteiger partial charge in [-0.1, -0.05) is 79.4 Å². The van der Waals surface area contributed by atoms with Crippen LogP contribution in [0.15, 0.2) is 143 Å². The summed E-state index contributed by atoms with van der Waals surface area (Å²) in [5.74, 6) is -0.584. The predicted molar refractivity (Wildman–Crippen MR) is 193 cm³/mol. The van der Waals surface area contributed by atoms with Crippen LogP contribution >= 0.6 is 0 Å². The number of rotatable bonds is 13. The first-order valence-electron chi connectivity index (χ1n) is 15.8. The van der Waals surface area contributed by atoms with Crippen LogP contribution in [0.5, 0.6) is 0 Å². The van der Waals surface area contributed by atoms with Crippen molar-refractivity contribution in [1.29, 1.82) is 0 Å². The van der Waals surface area contributed by atoms with E-state index in [2.05, 4.69) is 17.2 Å². The number of carbonyl (C=O) groups excluding carboxylic acids is 2. The zero-order valence-corrected chi connectivity index (χ0v) is 30.7. The Morgan fingerprint density at radius 2 is 1.55 bits per heavy atom. The first kappa shape index (κ1) is 37.3. The molecule has 0 aliphatic carbocycles. The average Bonchev–Trinajstić information content (AvgIpc) is 3.77. The van der Waals surface area contributed by atoms with Gasteiger partial charge in [0.2, 0.25) is 5.91 Å². The first-order chi connectivity index (χ1) is 24.1. The van der Waals surface area contributed by atoms with Crippen LogP contribution in [0.25, 0.3) is 39.7 Å². The van der Waals surface area contributed by atoms with Crippen LogP contribution in [0.2, 0.25) is 0 Å². The van der Waals surface area contributed by atoms with Crippen molar-refractivity contribution < 1.29 is 61.0 Å². The van der Waals surface area contributed by atoms with Crippen molar-refractivity contribution in [1.82, 2.24) is 5.32 Å². The van der Waals surface area contributed by atoms with Crippen molar-refractivity contribution in [3.8, 4) is 22.6 Å². The molecule has 2 amide bonds. The van der Waals surface area contributed by atoms with Crippen LogP contribution in [0.1, 0.15) is 33.0 Å². The molecule has 0 fully saturated rings. The zero-order chi connectivity index (χ0) is 35.1. The van der Waals surface area contributed by atoms with Crippen molar-refractivity contribution in [2.45, 2.75) is 12.3 Å². The Morgan fingerprint density at radius 1 is 0.863 bits per heavy atom. The van der Waals surface area contributed by atoms with Crippen LogP contribution in [-0.4, -0.2) is 37.1 Å². The molecule has 2 N–H and O–H groups in total. The average molecular weight is 709 g/mol. The van der Waals surface area contributed by atoms with Gasteiger partial charge in [0, 0.05) is 39.9 Å². The summed E-state index contributed by atoms with van der Waals surface area (Å²) in [6, 6.07) is 33.5. The number of benzene rings is 4. The molecular formula is C40H33N2NaO7S. The Kier molecular flexibility index (Phi) is 12.3. The smallest absolute Gasteiger partial charge is 0.748 e. The summed E-state index contributed by atoms with van der Waals surface area (Å²) in [5.41, 5.74) is 5.95. The van der Waals surface area contributed by atoms with Crippen LogP contribution in [-0.2, 0) is 21.3 Å². The third-order valence-electron chi connectivity index (χ3n) is 8.11. The van der Waals surface area contributed by atoms with Crippen molar-refractivity contribution >= 4 is 44.7 Å². The van der Waals surface area contributed by atoms with E-state index in [4.69, 9.17) is 8.83 Å². The van der Waals surface area contributed by atoms with Gasteiger partial charge in [-0.05, 0) is 72.1 Å². The van der Waals surface area contributed by atoms with Crippen LogP contribution in [0, 0.1) is 0 Å². The third kappa shape index (κ3) is 9.84. The summed E-state index contributed by atoms with van der Waals surface area (Å²) in [6.45, 7) is 3.40. The van der Waals surface area contributed by atoms with Gasteiger partial charge in [-0.3, -0.25) is 9.59 Å². The second kappa shape index (κ2) is 16.8. The molecule has 0 bridgehead atoms. The van der Waals surface area contributed by atoms with E-state index >= 15 is 0 Å². The van der Waals surface area contributed by atoms with Gasteiger partial charge in [-0.2, -0.15) is 0 Å². The molecule has 1 unspecified atom stereocenters. The Balaban J connectivity index is 0.00000504. The van der Waals surface area contributed by atoms with Gasteiger partial charge in [0.15, 0.2) is 0 Å². The number of furan rings is 2. The number of allylic oxidation sites excluding steroid dienone is 2. The SMILES string of the molecule is C=C/C=C\c1coc(-c2ccc(NC(=O)C(Cc3ccc(C(=O)NCCS(=O)(=O)[O-])cc3)c3ccc(-c4cc5ccccc5o4)cc3)cc2)c1.[Na+]. The maximum Gasteiger partial charge on any atom is 1.00 e. The Bertz CT molecular complexity index is 2240. The van der Waals surface area contributed by atoms with E-state index < -0.39 is 27.7 Å². The molecule has 0 aliphatic rings. The van der Waals surface area contributed by atoms with E-state index in [0.717, 1.165) is 44.5 Å². The van der Waals surface area contributed by atoms with Crippen LogP contribution < -0.4 is 40.2 Å². The second-order valence-corrected chi connectivity index (χ2v) is 13.2. The quantitative estimate of drug-likeness (QED) is 0.0998. The van der Waals surface area contributed by atoms with E-state index in [9.17, 15) is 22.6 Å². The van der Waals surface area contributed by atoms with Gasteiger partial charge in [-0.25, -0.2) is 8.42 Å². The molecule has 0 saturated heterocycles. The van der Waals surface area contributed by atoms with E-state index in [1.165, 1.54) is 0 Å². The molecule has 4 aromatic carbocycles. The molecule has 51 heavy (non-hydrogen) atoms. The van der Waals surface area contributed by atoms with Gasteiger partial charge < -0.3 is 24.0 Å². The minimum absolute atomic E-state index is 0. The summed E-state index contributed by atoms with van der Waals surface area (Å²) in [5, 5.41) is 6.49. The number of carbonyl (C=O) groups is 2. The topological polar surface area (TPSA) is 142 Å². The molecular weight excluding hydrogens is 676 g/mol. The van der Waals surface area contributed by atoms with Crippen LogP contribution in [0.4, 0.5) is 5.69 Å². The van der Waals surface area contributed by atoms with Crippen molar-refractivity contribution in [3.63, 3.8) is 0 Å².